The second-order valence-corrected chi connectivity index (χ2v) is 8.96. The van der Waals surface area contributed by atoms with Gasteiger partial charge >= 0.3 is 0 Å². The van der Waals surface area contributed by atoms with Gasteiger partial charge in [-0.15, -0.1) is 0 Å². The van der Waals surface area contributed by atoms with Crippen molar-refractivity contribution in [3.63, 3.8) is 0 Å². The lowest BCUT2D eigenvalue weighted by Gasteiger charge is -2.56. The monoisotopic (exact) mass is 325 g/mol. The molecule has 24 heavy (non-hydrogen) atoms. The Morgan fingerprint density at radius 3 is 2.25 bits per heavy atom. The van der Waals surface area contributed by atoms with E-state index in [2.05, 4.69) is 0 Å². The van der Waals surface area contributed by atoms with E-state index in [4.69, 9.17) is 10.00 Å². The first kappa shape index (κ1) is 14.8. The maximum Gasteiger partial charge on any atom is 0.144 e. The van der Waals surface area contributed by atoms with Crippen molar-refractivity contribution < 1.29 is 9.13 Å². The van der Waals surface area contributed by atoms with Crippen molar-refractivity contribution in [2.24, 2.45) is 23.2 Å². The van der Waals surface area contributed by atoms with Gasteiger partial charge in [-0.25, -0.2) is 4.39 Å². The second kappa shape index (κ2) is 5.22. The molecule has 0 aromatic heterocycles. The fraction of sp³-hybridized carbons (Fsp3) is 0.667. The van der Waals surface area contributed by atoms with Crippen LogP contribution < -0.4 is 4.74 Å². The van der Waals surface area contributed by atoms with Gasteiger partial charge < -0.3 is 4.74 Å². The molecule has 4 bridgehead atoms. The van der Waals surface area contributed by atoms with E-state index in [1.54, 1.807) is 6.07 Å². The molecular weight excluding hydrogens is 301 g/mol. The molecule has 3 heteroatoms. The average molecular weight is 325 g/mol. The van der Waals surface area contributed by atoms with Crippen molar-refractivity contribution in [3.05, 3.63) is 29.1 Å². The minimum Gasteiger partial charge on any atom is -0.493 e. The van der Waals surface area contributed by atoms with Crippen molar-refractivity contribution in [3.8, 4) is 11.8 Å². The van der Waals surface area contributed by atoms with Crippen LogP contribution in [0.15, 0.2) is 12.1 Å². The lowest BCUT2D eigenvalue weighted by molar-refractivity contribution is -0.0746. The van der Waals surface area contributed by atoms with Crippen LogP contribution in [-0.2, 0) is 0 Å². The summed E-state index contributed by atoms with van der Waals surface area (Å²) in [5, 5.41) is 9.09. The Hall–Kier alpha value is -1.56. The summed E-state index contributed by atoms with van der Waals surface area (Å²) in [7, 11) is 0. The van der Waals surface area contributed by atoms with Gasteiger partial charge in [0, 0.05) is 11.5 Å². The molecule has 0 spiro atoms. The van der Waals surface area contributed by atoms with E-state index >= 15 is 0 Å². The minimum atomic E-state index is -0.442. The topological polar surface area (TPSA) is 33.0 Å². The van der Waals surface area contributed by atoms with E-state index in [-0.39, 0.29) is 5.56 Å². The third-order valence-corrected chi connectivity index (χ3v) is 6.94. The van der Waals surface area contributed by atoms with Gasteiger partial charge in [-0.05, 0) is 86.7 Å². The zero-order valence-corrected chi connectivity index (χ0v) is 14.1. The van der Waals surface area contributed by atoms with E-state index in [0.29, 0.717) is 17.1 Å². The maximum absolute atomic E-state index is 14.1. The first-order valence-electron chi connectivity index (χ1n) is 9.50. The summed E-state index contributed by atoms with van der Waals surface area (Å²) in [5.74, 6) is 3.43. The van der Waals surface area contributed by atoms with Crippen molar-refractivity contribution >= 4 is 0 Å². The maximum atomic E-state index is 14.1. The molecule has 0 unspecified atom stereocenters. The Kier molecular flexibility index (Phi) is 3.21. The fourth-order valence-corrected chi connectivity index (χ4v) is 6.19. The molecule has 0 radical (unpaired) electrons. The van der Waals surface area contributed by atoms with Crippen molar-refractivity contribution in [1.82, 2.24) is 0 Å². The normalized spacial score (nSPS) is 36.6. The largest absolute Gasteiger partial charge is 0.493 e. The molecule has 0 atom stereocenters. The summed E-state index contributed by atoms with van der Waals surface area (Å²) in [5.41, 5.74) is 1.54. The Balaban J connectivity index is 1.39. The second-order valence-electron chi connectivity index (χ2n) is 8.96. The van der Waals surface area contributed by atoms with Crippen LogP contribution in [0.4, 0.5) is 4.39 Å². The summed E-state index contributed by atoms with van der Waals surface area (Å²) in [6.07, 6.45) is 10.5. The van der Waals surface area contributed by atoms with Crippen LogP contribution in [-0.4, -0.2) is 6.61 Å². The molecule has 5 aliphatic rings. The van der Waals surface area contributed by atoms with Crippen molar-refractivity contribution in [1.29, 1.82) is 5.26 Å². The summed E-state index contributed by atoms with van der Waals surface area (Å²) in [4.78, 5) is 0. The Morgan fingerprint density at radius 1 is 1.08 bits per heavy atom. The van der Waals surface area contributed by atoms with Crippen molar-refractivity contribution in [2.75, 3.05) is 6.61 Å². The highest BCUT2D eigenvalue weighted by molar-refractivity contribution is 5.46. The number of rotatable bonds is 4. The number of halogens is 1. The van der Waals surface area contributed by atoms with Gasteiger partial charge in [-0.3, -0.25) is 0 Å². The fourth-order valence-electron chi connectivity index (χ4n) is 6.19. The molecule has 0 aliphatic heterocycles. The number of hydrogen-bond acceptors (Lipinski definition) is 2. The average Bonchev–Trinajstić information content (AvgIpc) is 3.36. The predicted molar refractivity (Wildman–Crippen MR) is 89.2 cm³/mol. The van der Waals surface area contributed by atoms with Gasteiger partial charge in [-0.1, -0.05) is 0 Å². The molecule has 0 saturated heterocycles. The molecular formula is C21H24FNO. The van der Waals surface area contributed by atoms with Gasteiger partial charge in [0.1, 0.15) is 17.6 Å². The molecule has 6 rings (SSSR count). The highest BCUT2D eigenvalue weighted by atomic mass is 19.1. The zero-order valence-electron chi connectivity index (χ0n) is 14.1. The van der Waals surface area contributed by atoms with Crippen LogP contribution in [0.1, 0.15) is 68.4 Å². The lowest BCUT2D eigenvalue weighted by Crippen LogP contribution is -2.48. The standard InChI is InChI=1S/C21H24FNO/c22-19-7-20(18(16-1-2-16)6-17(19)11-23)24-12-21-8-13-3-14(9-21)5-15(4-13)10-21/h6-7,13-16H,1-5,8-10,12H2. The van der Waals surface area contributed by atoms with Gasteiger partial charge in [0.25, 0.3) is 0 Å². The quantitative estimate of drug-likeness (QED) is 0.765. The van der Waals surface area contributed by atoms with E-state index in [1.807, 2.05) is 6.07 Å². The molecule has 5 saturated carbocycles. The predicted octanol–water partition coefficient (Wildman–Crippen LogP) is 5.17. The number of nitriles is 1. The van der Waals surface area contributed by atoms with E-state index in [1.165, 1.54) is 44.6 Å². The van der Waals surface area contributed by atoms with Gasteiger partial charge in [-0.2, -0.15) is 5.26 Å². The van der Waals surface area contributed by atoms with E-state index in [0.717, 1.165) is 42.8 Å². The van der Waals surface area contributed by atoms with Gasteiger partial charge in [0.15, 0.2) is 0 Å². The van der Waals surface area contributed by atoms with Crippen LogP contribution in [0.5, 0.6) is 5.75 Å². The number of hydrogen-bond donors (Lipinski definition) is 0. The molecule has 0 amide bonds. The van der Waals surface area contributed by atoms with E-state index < -0.39 is 5.82 Å². The lowest BCUT2D eigenvalue weighted by atomic mass is 9.50. The Bertz CT molecular complexity index is 680. The number of nitrogens with zero attached hydrogens (tertiary/aromatic N) is 1. The molecule has 0 heterocycles. The van der Waals surface area contributed by atoms with E-state index in [9.17, 15) is 4.39 Å². The van der Waals surface area contributed by atoms with Gasteiger partial charge in [0.2, 0.25) is 0 Å². The molecule has 0 N–H and O–H groups in total. The first-order valence-corrected chi connectivity index (χ1v) is 9.50. The third-order valence-electron chi connectivity index (χ3n) is 6.94. The highest BCUT2D eigenvalue weighted by Gasteiger charge is 2.51. The van der Waals surface area contributed by atoms with Crippen LogP contribution in [0.2, 0.25) is 0 Å². The number of ether oxygens (including phenoxy) is 1. The Morgan fingerprint density at radius 2 is 1.71 bits per heavy atom. The van der Waals surface area contributed by atoms with Crippen LogP contribution in [0, 0.1) is 40.3 Å². The first-order chi connectivity index (χ1) is 11.6. The number of benzene rings is 1. The highest BCUT2D eigenvalue weighted by Crippen LogP contribution is 2.60. The van der Waals surface area contributed by atoms with Crippen LogP contribution >= 0.6 is 0 Å². The van der Waals surface area contributed by atoms with Crippen molar-refractivity contribution in [2.45, 2.75) is 57.3 Å². The molecule has 1 aromatic carbocycles. The summed E-state index contributed by atoms with van der Waals surface area (Å²) < 4.78 is 20.4. The molecule has 5 fully saturated rings. The van der Waals surface area contributed by atoms with Crippen LogP contribution in [0.25, 0.3) is 0 Å². The summed E-state index contributed by atoms with van der Waals surface area (Å²) >= 11 is 0. The summed E-state index contributed by atoms with van der Waals surface area (Å²) in [6.45, 7) is 0.738. The Labute approximate surface area is 143 Å². The zero-order chi connectivity index (χ0) is 16.3. The summed E-state index contributed by atoms with van der Waals surface area (Å²) in [6, 6.07) is 5.15. The SMILES string of the molecule is N#Cc1cc(C2CC2)c(OCC23CC4CC(CC(C4)C2)C3)cc1F. The van der Waals surface area contributed by atoms with Gasteiger partial charge in [0.05, 0.1) is 12.2 Å². The molecule has 2 nitrogen and oxygen atoms in total. The molecule has 126 valence electrons. The molecule has 1 aromatic rings. The molecule has 5 aliphatic carbocycles. The van der Waals surface area contributed by atoms with Crippen LogP contribution in [0.3, 0.4) is 0 Å². The third kappa shape index (κ3) is 2.42. The smallest absolute Gasteiger partial charge is 0.144 e. The minimum absolute atomic E-state index is 0.152.